The van der Waals surface area contributed by atoms with Crippen LogP contribution in [0.4, 0.5) is 5.95 Å². The average molecular weight is 109 g/mol. The second-order valence-electron chi connectivity index (χ2n) is 1.48. The lowest BCUT2D eigenvalue weighted by molar-refractivity contribution is 0.770. The maximum atomic E-state index is 3.70. The molecule has 0 atom stereocenters. The first-order chi connectivity index (χ1) is 3.97. The SMILES string of the molecule is c1nnc2n1CN=N2. The Bertz CT molecular complexity index is 223. The van der Waals surface area contributed by atoms with Crippen LogP contribution in [0.3, 0.4) is 0 Å². The maximum absolute atomic E-state index is 3.70. The molecule has 2 heterocycles. The molecule has 0 amide bonds. The van der Waals surface area contributed by atoms with Crippen LogP contribution < -0.4 is 0 Å². The lowest BCUT2D eigenvalue weighted by atomic mass is 10.9. The molecule has 0 saturated carbocycles. The summed E-state index contributed by atoms with van der Waals surface area (Å²) in [6.45, 7) is 0.572. The maximum Gasteiger partial charge on any atom is 0.271 e. The molecule has 8 heavy (non-hydrogen) atoms. The first-order valence-electron chi connectivity index (χ1n) is 2.22. The van der Waals surface area contributed by atoms with Crippen LogP contribution in [0.5, 0.6) is 0 Å². The molecule has 1 aliphatic heterocycles. The second kappa shape index (κ2) is 1.12. The Morgan fingerprint density at radius 2 is 2.62 bits per heavy atom. The minimum atomic E-state index is 0.572. The van der Waals surface area contributed by atoms with Crippen LogP contribution in [-0.4, -0.2) is 14.8 Å². The zero-order chi connectivity index (χ0) is 5.40. The highest BCUT2D eigenvalue weighted by Crippen LogP contribution is 2.12. The van der Waals surface area contributed by atoms with Crippen molar-refractivity contribution in [3.05, 3.63) is 6.33 Å². The van der Waals surface area contributed by atoms with Gasteiger partial charge in [0.05, 0.1) is 0 Å². The van der Waals surface area contributed by atoms with Gasteiger partial charge >= 0.3 is 0 Å². The lowest BCUT2D eigenvalue weighted by Crippen LogP contribution is -1.84. The van der Waals surface area contributed by atoms with Crippen molar-refractivity contribution in [1.29, 1.82) is 0 Å². The summed E-state index contributed by atoms with van der Waals surface area (Å²) in [5.74, 6) is 0.602. The van der Waals surface area contributed by atoms with E-state index in [4.69, 9.17) is 0 Å². The van der Waals surface area contributed by atoms with Crippen molar-refractivity contribution < 1.29 is 0 Å². The number of rotatable bonds is 0. The van der Waals surface area contributed by atoms with E-state index >= 15 is 0 Å². The topological polar surface area (TPSA) is 55.4 Å². The van der Waals surface area contributed by atoms with Gasteiger partial charge in [-0.3, -0.25) is 4.57 Å². The predicted octanol–water partition coefficient (Wildman–Crippen LogP) is 0.333. The van der Waals surface area contributed by atoms with Gasteiger partial charge in [-0.2, -0.15) is 5.11 Å². The minimum absolute atomic E-state index is 0.572. The summed E-state index contributed by atoms with van der Waals surface area (Å²) in [7, 11) is 0. The van der Waals surface area contributed by atoms with Gasteiger partial charge in [-0.1, -0.05) is 0 Å². The highest BCUT2D eigenvalue weighted by Gasteiger charge is 2.05. The number of nitrogens with zero attached hydrogens (tertiary/aromatic N) is 5. The Morgan fingerprint density at radius 3 is 3.50 bits per heavy atom. The lowest BCUT2D eigenvalue weighted by Gasteiger charge is -1.81. The fourth-order valence-corrected chi connectivity index (χ4v) is 0.589. The summed E-state index contributed by atoms with van der Waals surface area (Å²) in [5, 5.41) is 14.6. The zero-order valence-electron chi connectivity index (χ0n) is 4.02. The van der Waals surface area contributed by atoms with Crippen molar-refractivity contribution in [3.8, 4) is 0 Å². The fraction of sp³-hybridized carbons (Fsp3) is 0.333. The third kappa shape index (κ3) is 0.305. The first-order valence-corrected chi connectivity index (χ1v) is 2.22. The van der Waals surface area contributed by atoms with Crippen molar-refractivity contribution in [2.24, 2.45) is 10.2 Å². The number of fused-ring (bicyclic) bond motifs is 1. The zero-order valence-corrected chi connectivity index (χ0v) is 4.02. The van der Waals surface area contributed by atoms with E-state index in [2.05, 4.69) is 20.4 Å². The van der Waals surface area contributed by atoms with E-state index in [9.17, 15) is 0 Å². The highest BCUT2D eigenvalue weighted by atomic mass is 15.4. The van der Waals surface area contributed by atoms with Gasteiger partial charge in [-0.15, -0.1) is 15.3 Å². The smallest absolute Gasteiger partial charge is 0.271 e. The molecule has 0 N–H and O–H groups in total. The molecular weight excluding hydrogens is 106 g/mol. The molecular formula is C3H3N5. The van der Waals surface area contributed by atoms with Crippen LogP contribution >= 0.6 is 0 Å². The van der Waals surface area contributed by atoms with E-state index in [0.29, 0.717) is 12.6 Å². The van der Waals surface area contributed by atoms with Crippen molar-refractivity contribution in [1.82, 2.24) is 14.8 Å². The summed E-state index contributed by atoms with van der Waals surface area (Å²) in [6.07, 6.45) is 1.61. The molecule has 1 aromatic heterocycles. The van der Waals surface area contributed by atoms with Crippen molar-refractivity contribution in [2.45, 2.75) is 6.67 Å². The molecule has 40 valence electrons. The van der Waals surface area contributed by atoms with Gasteiger partial charge in [0.1, 0.15) is 13.0 Å². The number of hydrogen-bond acceptors (Lipinski definition) is 4. The molecule has 0 saturated heterocycles. The molecule has 0 radical (unpaired) electrons. The fourth-order valence-electron chi connectivity index (χ4n) is 0.589. The van der Waals surface area contributed by atoms with Crippen LogP contribution in [0, 0.1) is 0 Å². The molecule has 0 bridgehead atoms. The van der Waals surface area contributed by atoms with E-state index in [1.54, 1.807) is 10.9 Å². The standard InChI is InChI=1S/C3H3N5/c1-4-6-3-7-5-2-8(1)3/h1H,2H2. The van der Waals surface area contributed by atoms with Gasteiger partial charge < -0.3 is 0 Å². The largest absolute Gasteiger partial charge is 0.274 e. The van der Waals surface area contributed by atoms with Crippen LogP contribution in [0.1, 0.15) is 0 Å². The number of azo groups is 1. The highest BCUT2D eigenvalue weighted by molar-refractivity contribution is 5.12. The molecule has 0 aliphatic carbocycles. The molecule has 1 aromatic rings. The van der Waals surface area contributed by atoms with Crippen LogP contribution in [-0.2, 0) is 6.67 Å². The molecule has 5 nitrogen and oxygen atoms in total. The van der Waals surface area contributed by atoms with Gasteiger partial charge in [0.25, 0.3) is 5.95 Å². The number of aromatic nitrogens is 3. The Morgan fingerprint density at radius 1 is 1.62 bits per heavy atom. The first kappa shape index (κ1) is 3.71. The molecule has 2 rings (SSSR count). The Kier molecular flexibility index (Phi) is 0.518. The van der Waals surface area contributed by atoms with E-state index < -0.39 is 0 Å². The van der Waals surface area contributed by atoms with Crippen molar-refractivity contribution >= 4 is 5.95 Å². The van der Waals surface area contributed by atoms with Crippen LogP contribution in [0.25, 0.3) is 0 Å². The van der Waals surface area contributed by atoms with Crippen LogP contribution in [0.2, 0.25) is 0 Å². The monoisotopic (exact) mass is 109 g/mol. The quantitative estimate of drug-likeness (QED) is 0.482. The van der Waals surface area contributed by atoms with Gasteiger partial charge in [-0.05, 0) is 0 Å². The summed E-state index contributed by atoms with van der Waals surface area (Å²) in [6, 6.07) is 0. The molecule has 0 fully saturated rings. The molecule has 1 aliphatic rings. The van der Waals surface area contributed by atoms with Gasteiger partial charge in [0.15, 0.2) is 0 Å². The summed E-state index contributed by atoms with van der Waals surface area (Å²) >= 11 is 0. The minimum Gasteiger partial charge on any atom is -0.274 e. The van der Waals surface area contributed by atoms with E-state index in [1.807, 2.05) is 0 Å². The Labute approximate surface area is 45.1 Å². The van der Waals surface area contributed by atoms with E-state index in [0.717, 1.165) is 0 Å². The molecule has 0 unspecified atom stereocenters. The predicted molar refractivity (Wildman–Crippen MR) is 24.5 cm³/mol. The van der Waals surface area contributed by atoms with Crippen LogP contribution in [0.15, 0.2) is 16.6 Å². The summed E-state index contributed by atoms with van der Waals surface area (Å²) < 4.78 is 1.76. The normalized spacial score (nSPS) is 14.5. The summed E-state index contributed by atoms with van der Waals surface area (Å²) in [5.41, 5.74) is 0. The van der Waals surface area contributed by atoms with Gasteiger partial charge in [0.2, 0.25) is 0 Å². The third-order valence-corrected chi connectivity index (χ3v) is 0.971. The second-order valence-corrected chi connectivity index (χ2v) is 1.48. The van der Waals surface area contributed by atoms with E-state index in [-0.39, 0.29) is 0 Å². The molecule has 5 heteroatoms. The Balaban J connectivity index is 2.67. The molecule has 0 aromatic carbocycles. The Hall–Kier alpha value is -1.26. The van der Waals surface area contributed by atoms with Crippen molar-refractivity contribution in [3.63, 3.8) is 0 Å². The molecule has 0 spiro atoms. The average Bonchev–Trinajstić information content (AvgIpc) is 2.15. The summed E-state index contributed by atoms with van der Waals surface area (Å²) in [4.78, 5) is 0. The van der Waals surface area contributed by atoms with Crippen molar-refractivity contribution in [2.75, 3.05) is 0 Å². The van der Waals surface area contributed by atoms with E-state index in [1.165, 1.54) is 0 Å². The van der Waals surface area contributed by atoms with Gasteiger partial charge in [-0.25, -0.2) is 0 Å². The van der Waals surface area contributed by atoms with Gasteiger partial charge in [0, 0.05) is 0 Å². The number of hydrogen-bond donors (Lipinski definition) is 0. The third-order valence-electron chi connectivity index (χ3n) is 0.971.